The van der Waals surface area contributed by atoms with Gasteiger partial charge in [-0.05, 0) is 54.8 Å². The molecular weight excluding hydrogens is 445 g/mol. The van der Waals surface area contributed by atoms with E-state index in [2.05, 4.69) is 15.3 Å². The Morgan fingerprint density at radius 1 is 1.09 bits per heavy atom. The second-order valence-corrected chi connectivity index (χ2v) is 8.80. The first-order chi connectivity index (χ1) is 16.8. The molecule has 176 valence electrons. The number of nitriles is 1. The number of nitrogens with zero attached hydrogens (tertiary/aromatic N) is 4. The lowest BCUT2D eigenvalue weighted by Crippen LogP contribution is -2.35. The van der Waals surface area contributed by atoms with E-state index in [0.29, 0.717) is 34.4 Å². The largest absolute Gasteiger partial charge is 0.345 e. The van der Waals surface area contributed by atoms with Crippen LogP contribution >= 0.6 is 0 Å². The Kier molecular flexibility index (Phi) is 6.69. The third kappa shape index (κ3) is 5.09. The summed E-state index contributed by atoms with van der Waals surface area (Å²) in [7, 11) is 0. The minimum atomic E-state index is -0.520. The maximum atomic E-state index is 13.3. The van der Waals surface area contributed by atoms with Gasteiger partial charge in [0.2, 0.25) is 0 Å². The second-order valence-electron chi connectivity index (χ2n) is 8.80. The smallest absolute Gasteiger partial charge is 0.265 e. The van der Waals surface area contributed by atoms with Crippen molar-refractivity contribution >= 4 is 16.9 Å². The summed E-state index contributed by atoms with van der Waals surface area (Å²) in [5.41, 5.74) is 2.54. The Hall–Kier alpha value is -4.38. The summed E-state index contributed by atoms with van der Waals surface area (Å²) >= 11 is 0. The molecule has 3 aromatic heterocycles. The first kappa shape index (κ1) is 23.8. The van der Waals surface area contributed by atoms with Crippen LogP contribution in [-0.4, -0.2) is 20.4 Å². The number of amides is 1. The molecule has 1 atom stereocenters. The number of halogens is 1. The van der Waals surface area contributed by atoms with Crippen LogP contribution in [0.5, 0.6) is 0 Å². The number of fused-ring (bicyclic) bond motifs is 1. The maximum Gasteiger partial charge on any atom is 0.265 e. The quantitative estimate of drug-likeness (QED) is 0.444. The molecule has 0 saturated heterocycles. The van der Waals surface area contributed by atoms with E-state index in [0.717, 1.165) is 5.56 Å². The van der Waals surface area contributed by atoms with Gasteiger partial charge in [-0.1, -0.05) is 26.0 Å². The van der Waals surface area contributed by atoms with Crippen LogP contribution in [0.15, 0.2) is 65.7 Å². The van der Waals surface area contributed by atoms with Crippen molar-refractivity contribution in [3.8, 4) is 17.3 Å². The van der Waals surface area contributed by atoms with Crippen LogP contribution in [0.3, 0.4) is 0 Å². The van der Waals surface area contributed by atoms with Crippen LogP contribution in [0.2, 0.25) is 0 Å². The Morgan fingerprint density at radius 3 is 2.46 bits per heavy atom. The fourth-order valence-corrected chi connectivity index (χ4v) is 3.84. The minimum absolute atomic E-state index is 0.00107. The molecule has 1 aromatic carbocycles. The van der Waals surface area contributed by atoms with Gasteiger partial charge < -0.3 is 5.32 Å². The van der Waals surface area contributed by atoms with E-state index in [9.17, 15) is 14.0 Å². The molecule has 4 aromatic rings. The maximum absolute atomic E-state index is 13.3. The normalized spacial score (nSPS) is 11.9. The molecule has 1 unspecified atom stereocenters. The van der Waals surface area contributed by atoms with Gasteiger partial charge >= 0.3 is 0 Å². The Labute approximate surface area is 201 Å². The average molecular weight is 470 g/mol. The average Bonchev–Trinajstić information content (AvgIpc) is 2.85. The Balaban J connectivity index is 1.77. The van der Waals surface area contributed by atoms with E-state index in [1.54, 1.807) is 43.5 Å². The molecule has 8 heteroatoms. The monoisotopic (exact) mass is 469 g/mol. The number of hydrogen-bond donors (Lipinski definition) is 1. The zero-order chi connectivity index (χ0) is 25.1. The summed E-state index contributed by atoms with van der Waals surface area (Å²) in [6.45, 7) is 6.13. The number of benzene rings is 1. The molecule has 1 amide bonds. The molecule has 0 aliphatic carbocycles. The van der Waals surface area contributed by atoms with E-state index >= 15 is 0 Å². The van der Waals surface area contributed by atoms with Gasteiger partial charge in [0.15, 0.2) is 0 Å². The molecule has 0 spiro atoms. The van der Waals surface area contributed by atoms with Crippen molar-refractivity contribution in [2.45, 2.75) is 33.4 Å². The molecule has 0 aliphatic heterocycles. The summed E-state index contributed by atoms with van der Waals surface area (Å²) in [4.78, 5) is 35.3. The SMILES string of the molecule is CC(C)Cn1c(=O)c(C(=O)NC(C)c2ccc(F)cc2)cc2cc(-c3ccc(C#N)cn3)cnc21. The van der Waals surface area contributed by atoms with Gasteiger partial charge in [-0.3, -0.25) is 19.1 Å². The third-order valence-electron chi connectivity index (χ3n) is 5.62. The molecule has 0 radical (unpaired) electrons. The zero-order valence-corrected chi connectivity index (χ0v) is 19.6. The van der Waals surface area contributed by atoms with Crippen LogP contribution in [-0.2, 0) is 6.54 Å². The Morgan fingerprint density at radius 2 is 1.83 bits per heavy atom. The lowest BCUT2D eigenvalue weighted by atomic mass is 10.1. The van der Waals surface area contributed by atoms with Crippen LogP contribution in [0.4, 0.5) is 4.39 Å². The van der Waals surface area contributed by atoms with Crippen molar-refractivity contribution in [3.05, 3.63) is 93.8 Å². The van der Waals surface area contributed by atoms with Gasteiger partial charge in [0, 0.05) is 29.9 Å². The summed E-state index contributed by atoms with van der Waals surface area (Å²) in [6, 6.07) is 14.2. The van der Waals surface area contributed by atoms with Crippen LogP contribution in [0, 0.1) is 23.1 Å². The summed E-state index contributed by atoms with van der Waals surface area (Å²) in [5.74, 6) is -0.736. The summed E-state index contributed by atoms with van der Waals surface area (Å²) < 4.78 is 14.8. The van der Waals surface area contributed by atoms with Gasteiger partial charge in [0.25, 0.3) is 11.5 Å². The predicted octanol–water partition coefficient (Wildman–Crippen LogP) is 4.62. The molecule has 3 heterocycles. The third-order valence-corrected chi connectivity index (χ3v) is 5.62. The molecule has 0 aliphatic rings. The van der Waals surface area contributed by atoms with E-state index in [1.807, 2.05) is 26.0 Å². The van der Waals surface area contributed by atoms with Gasteiger partial charge in [0.05, 0.1) is 17.3 Å². The highest BCUT2D eigenvalue weighted by molar-refractivity contribution is 5.97. The highest BCUT2D eigenvalue weighted by Gasteiger charge is 2.20. The molecule has 0 saturated carbocycles. The van der Waals surface area contributed by atoms with Gasteiger partial charge in [-0.15, -0.1) is 0 Å². The standard InChI is InChI=1S/C27H24FN5O2/c1-16(2)15-33-25-20(10-21(14-31-25)24-9-4-18(12-29)13-30-24)11-23(27(33)35)26(34)32-17(3)19-5-7-22(28)8-6-19/h4-11,13-14,16-17H,15H2,1-3H3,(H,32,34). The molecule has 0 bridgehead atoms. The number of hydrogen-bond acceptors (Lipinski definition) is 5. The van der Waals surface area contributed by atoms with Crippen molar-refractivity contribution in [2.75, 3.05) is 0 Å². The summed E-state index contributed by atoms with van der Waals surface area (Å²) in [6.07, 6.45) is 3.11. The molecule has 0 fully saturated rings. The second kappa shape index (κ2) is 9.85. The number of pyridine rings is 3. The van der Waals surface area contributed by atoms with E-state index in [-0.39, 0.29) is 17.3 Å². The Bertz CT molecular complexity index is 1490. The number of rotatable bonds is 6. The summed E-state index contributed by atoms with van der Waals surface area (Å²) in [5, 5.41) is 12.5. The fourth-order valence-electron chi connectivity index (χ4n) is 3.84. The first-order valence-electron chi connectivity index (χ1n) is 11.2. The van der Waals surface area contributed by atoms with E-state index < -0.39 is 17.5 Å². The highest BCUT2D eigenvalue weighted by atomic mass is 19.1. The lowest BCUT2D eigenvalue weighted by molar-refractivity contribution is 0.0938. The molecule has 4 rings (SSSR count). The van der Waals surface area contributed by atoms with Gasteiger partial charge in [-0.2, -0.15) is 5.26 Å². The van der Waals surface area contributed by atoms with Crippen molar-refractivity contribution in [1.82, 2.24) is 19.9 Å². The van der Waals surface area contributed by atoms with E-state index in [4.69, 9.17) is 5.26 Å². The van der Waals surface area contributed by atoms with Crippen molar-refractivity contribution in [3.63, 3.8) is 0 Å². The topological polar surface area (TPSA) is 101 Å². The number of carbonyl (C=O) groups is 1. The first-order valence-corrected chi connectivity index (χ1v) is 11.2. The van der Waals surface area contributed by atoms with Crippen LogP contribution in [0.25, 0.3) is 22.3 Å². The molecular formula is C27H24FN5O2. The van der Waals surface area contributed by atoms with Gasteiger partial charge in [-0.25, -0.2) is 9.37 Å². The van der Waals surface area contributed by atoms with Crippen molar-refractivity contribution in [1.29, 1.82) is 5.26 Å². The predicted molar refractivity (Wildman–Crippen MR) is 131 cm³/mol. The lowest BCUT2D eigenvalue weighted by Gasteiger charge is -2.17. The van der Waals surface area contributed by atoms with Gasteiger partial charge in [0.1, 0.15) is 23.1 Å². The highest BCUT2D eigenvalue weighted by Crippen LogP contribution is 2.22. The molecule has 1 N–H and O–H groups in total. The van der Waals surface area contributed by atoms with Crippen LogP contribution in [0.1, 0.15) is 48.3 Å². The van der Waals surface area contributed by atoms with Crippen molar-refractivity contribution in [2.24, 2.45) is 5.92 Å². The molecule has 7 nitrogen and oxygen atoms in total. The van der Waals surface area contributed by atoms with Crippen LogP contribution < -0.4 is 10.9 Å². The number of aromatic nitrogens is 3. The van der Waals surface area contributed by atoms with E-state index in [1.165, 1.54) is 22.9 Å². The number of nitrogens with one attached hydrogen (secondary N) is 1. The minimum Gasteiger partial charge on any atom is -0.345 e. The van der Waals surface area contributed by atoms with Crippen molar-refractivity contribution < 1.29 is 9.18 Å². The fraction of sp³-hybridized carbons (Fsp3) is 0.222. The molecule has 35 heavy (non-hydrogen) atoms. The number of carbonyl (C=O) groups excluding carboxylic acids is 1. The zero-order valence-electron chi connectivity index (χ0n) is 19.6.